The first-order valence-electron chi connectivity index (χ1n) is 3.35. The summed E-state index contributed by atoms with van der Waals surface area (Å²) in [5, 5.41) is 8.31. The molecule has 0 radical (unpaired) electrons. The van der Waals surface area contributed by atoms with Gasteiger partial charge in [0.2, 0.25) is 0 Å². The van der Waals surface area contributed by atoms with E-state index in [0.717, 1.165) is 0 Å². The lowest BCUT2D eigenvalue weighted by Gasteiger charge is -2.43. The van der Waals surface area contributed by atoms with Crippen LogP contribution in [-0.2, 0) is 4.79 Å². The average molecular weight is 183 g/mol. The van der Waals surface area contributed by atoms with E-state index in [1.165, 1.54) is 0 Å². The highest BCUT2D eigenvalue weighted by Crippen LogP contribution is 2.46. The third-order valence-corrected chi connectivity index (χ3v) is 2.14. The molecule has 0 aromatic rings. The summed E-state index contributed by atoms with van der Waals surface area (Å²) in [6, 6.07) is 0. The lowest BCUT2D eigenvalue weighted by molar-refractivity contribution is -0.220. The van der Waals surface area contributed by atoms with Gasteiger partial charge in [0.05, 0.1) is 5.92 Å². The first kappa shape index (κ1) is 9.31. The summed E-state index contributed by atoms with van der Waals surface area (Å²) in [7, 11) is 0. The maximum absolute atomic E-state index is 12.0. The molecule has 1 rings (SSSR count). The summed E-state index contributed by atoms with van der Waals surface area (Å²) in [5.74, 6) is -2.14. The van der Waals surface area contributed by atoms with Gasteiger partial charge < -0.3 is 10.8 Å². The predicted molar refractivity (Wildman–Crippen MR) is 33.3 cm³/mol. The summed E-state index contributed by atoms with van der Waals surface area (Å²) in [5.41, 5.74) is 2.65. The van der Waals surface area contributed by atoms with E-state index < -0.39 is 36.4 Å². The molecule has 0 unspecified atom stereocenters. The smallest absolute Gasteiger partial charge is 0.406 e. The number of rotatable bonds is 1. The highest BCUT2D eigenvalue weighted by molar-refractivity contribution is 5.71. The zero-order valence-electron chi connectivity index (χ0n) is 6.06. The molecule has 1 fully saturated rings. The molecule has 0 spiro atoms. The quantitative estimate of drug-likeness (QED) is 0.630. The molecule has 70 valence electrons. The molecule has 0 aromatic heterocycles. The van der Waals surface area contributed by atoms with Crippen molar-refractivity contribution in [3.8, 4) is 0 Å². The molecule has 0 atom stereocenters. The standard InChI is InChI=1S/C6H8F3NO2/c7-6(8,9)5(10)1-3(2-5)4(11)12/h3H,1-2,10H2,(H,11,12). The molecular formula is C6H8F3NO2. The Kier molecular flexibility index (Phi) is 1.82. The Bertz CT molecular complexity index is 207. The Balaban J connectivity index is 2.57. The van der Waals surface area contributed by atoms with Gasteiger partial charge in [-0.05, 0) is 12.8 Å². The first-order valence-corrected chi connectivity index (χ1v) is 3.35. The van der Waals surface area contributed by atoms with Gasteiger partial charge in [0.15, 0.2) is 0 Å². The third-order valence-electron chi connectivity index (χ3n) is 2.14. The summed E-state index contributed by atoms with van der Waals surface area (Å²) >= 11 is 0. The second-order valence-corrected chi connectivity index (χ2v) is 3.10. The fourth-order valence-corrected chi connectivity index (χ4v) is 1.23. The number of hydrogen-bond donors (Lipinski definition) is 2. The Morgan fingerprint density at radius 1 is 1.50 bits per heavy atom. The number of alkyl halides is 3. The van der Waals surface area contributed by atoms with Crippen molar-refractivity contribution in [1.82, 2.24) is 0 Å². The van der Waals surface area contributed by atoms with Gasteiger partial charge in [0.1, 0.15) is 5.54 Å². The molecule has 3 nitrogen and oxygen atoms in total. The molecule has 0 bridgehead atoms. The van der Waals surface area contributed by atoms with Crippen LogP contribution in [0.4, 0.5) is 13.2 Å². The average Bonchev–Trinajstić information content (AvgIpc) is 1.77. The molecule has 0 heterocycles. The molecule has 3 N–H and O–H groups in total. The zero-order chi connectivity index (χ0) is 9.57. The Morgan fingerprint density at radius 2 is 1.92 bits per heavy atom. The number of nitrogens with two attached hydrogens (primary N) is 1. The van der Waals surface area contributed by atoms with Crippen LogP contribution < -0.4 is 5.73 Å². The number of carboxylic acid groups (broad SMARTS) is 1. The number of aliphatic carboxylic acids is 1. The van der Waals surface area contributed by atoms with Crippen molar-refractivity contribution >= 4 is 5.97 Å². The van der Waals surface area contributed by atoms with Crippen LogP contribution in [0.2, 0.25) is 0 Å². The van der Waals surface area contributed by atoms with Crippen molar-refractivity contribution in [2.24, 2.45) is 11.7 Å². The predicted octanol–water partition coefficient (Wildman–Crippen LogP) is 0.741. The zero-order valence-corrected chi connectivity index (χ0v) is 6.06. The minimum Gasteiger partial charge on any atom is -0.481 e. The van der Waals surface area contributed by atoms with Crippen LogP contribution in [0.1, 0.15) is 12.8 Å². The molecule has 0 saturated heterocycles. The highest BCUT2D eigenvalue weighted by atomic mass is 19.4. The Hall–Kier alpha value is -0.780. The van der Waals surface area contributed by atoms with Crippen molar-refractivity contribution in [1.29, 1.82) is 0 Å². The normalized spacial score (nSPS) is 35.8. The first-order chi connectivity index (χ1) is 5.26. The SMILES string of the molecule is NC1(C(F)(F)F)CC(C(=O)O)C1. The Labute approximate surface area is 66.4 Å². The number of hydrogen-bond acceptors (Lipinski definition) is 2. The van der Waals surface area contributed by atoms with E-state index in [4.69, 9.17) is 10.8 Å². The third kappa shape index (κ3) is 1.26. The van der Waals surface area contributed by atoms with Crippen molar-refractivity contribution in [2.45, 2.75) is 24.6 Å². The van der Waals surface area contributed by atoms with Crippen LogP contribution in [0.5, 0.6) is 0 Å². The minimum atomic E-state index is -4.49. The lowest BCUT2D eigenvalue weighted by atomic mass is 9.68. The van der Waals surface area contributed by atoms with Gasteiger partial charge in [0, 0.05) is 0 Å². The van der Waals surface area contributed by atoms with Crippen molar-refractivity contribution in [2.75, 3.05) is 0 Å². The van der Waals surface area contributed by atoms with Crippen LogP contribution in [0, 0.1) is 5.92 Å². The minimum absolute atomic E-state index is 0.508. The largest absolute Gasteiger partial charge is 0.481 e. The number of halogens is 3. The van der Waals surface area contributed by atoms with E-state index in [1.54, 1.807) is 0 Å². The van der Waals surface area contributed by atoms with E-state index in [2.05, 4.69) is 0 Å². The van der Waals surface area contributed by atoms with Crippen molar-refractivity contribution < 1.29 is 23.1 Å². The summed E-state index contributed by atoms with van der Waals surface area (Å²) in [6.45, 7) is 0. The van der Waals surface area contributed by atoms with Gasteiger partial charge in [-0.25, -0.2) is 0 Å². The summed E-state index contributed by atoms with van der Waals surface area (Å²) in [6.07, 6.45) is -5.50. The molecule has 6 heteroatoms. The lowest BCUT2D eigenvalue weighted by Crippen LogP contribution is -2.63. The monoisotopic (exact) mass is 183 g/mol. The van der Waals surface area contributed by atoms with Crippen LogP contribution in [0.15, 0.2) is 0 Å². The van der Waals surface area contributed by atoms with Crippen LogP contribution in [-0.4, -0.2) is 22.8 Å². The molecule has 12 heavy (non-hydrogen) atoms. The van der Waals surface area contributed by atoms with Crippen molar-refractivity contribution in [3.05, 3.63) is 0 Å². The van der Waals surface area contributed by atoms with Gasteiger partial charge in [-0.2, -0.15) is 13.2 Å². The number of carboxylic acids is 1. The maximum atomic E-state index is 12.0. The molecule has 1 aliphatic rings. The summed E-state index contributed by atoms with van der Waals surface area (Å²) < 4.78 is 36.0. The summed E-state index contributed by atoms with van der Waals surface area (Å²) in [4.78, 5) is 10.2. The molecular weight excluding hydrogens is 175 g/mol. The molecule has 0 aromatic carbocycles. The molecule has 1 saturated carbocycles. The van der Waals surface area contributed by atoms with E-state index in [0.29, 0.717) is 0 Å². The van der Waals surface area contributed by atoms with Crippen LogP contribution >= 0.6 is 0 Å². The fraction of sp³-hybridized carbons (Fsp3) is 0.833. The Morgan fingerprint density at radius 3 is 2.17 bits per heavy atom. The second-order valence-electron chi connectivity index (χ2n) is 3.10. The second kappa shape index (κ2) is 2.35. The number of carbonyl (C=O) groups is 1. The van der Waals surface area contributed by atoms with E-state index in [9.17, 15) is 18.0 Å². The van der Waals surface area contributed by atoms with Gasteiger partial charge in [0.25, 0.3) is 0 Å². The highest BCUT2D eigenvalue weighted by Gasteiger charge is 2.61. The van der Waals surface area contributed by atoms with Crippen LogP contribution in [0.3, 0.4) is 0 Å². The molecule has 1 aliphatic carbocycles. The molecule has 0 amide bonds. The van der Waals surface area contributed by atoms with Crippen molar-refractivity contribution in [3.63, 3.8) is 0 Å². The van der Waals surface area contributed by atoms with E-state index >= 15 is 0 Å². The topological polar surface area (TPSA) is 63.3 Å². The fourth-order valence-electron chi connectivity index (χ4n) is 1.23. The van der Waals surface area contributed by atoms with Gasteiger partial charge >= 0.3 is 12.1 Å². The van der Waals surface area contributed by atoms with Gasteiger partial charge in [-0.15, -0.1) is 0 Å². The van der Waals surface area contributed by atoms with Crippen LogP contribution in [0.25, 0.3) is 0 Å². The van der Waals surface area contributed by atoms with Gasteiger partial charge in [-0.1, -0.05) is 0 Å². The maximum Gasteiger partial charge on any atom is 0.406 e. The van der Waals surface area contributed by atoms with E-state index in [-0.39, 0.29) is 0 Å². The van der Waals surface area contributed by atoms with E-state index in [1.807, 2.05) is 0 Å². The van der Waals surface area contributed by atoms with Gasteiger partial charge in [-0.3, -0.25) is 4.79 Å². The molecule has 0 aliphatic heterocycles.